The molecule has 10 rings (SSSR count). The maximum absolute atomic E-state index is 5.60. The van der Waals surface area contributed by atoms with E-state index in [1.807, 2.05) is 0 Å². The molecule has 0 bridgehead atoms. The average Bonchev–Trinajstić information content (AvgIpc) is 4.16. The molecule has 0 N–H and O–H groups in total. The molecule has 0 fully saturated rings. The number of fused-ring (bicyclic) bond motifs is 3. The van der Waals surface area contributed by atoms with Gasteiger partial charge in [0, 0.05) is 16.7 Å². The monoisotopic (exact) mass is 997 g/mol. The Labute approximate surface area is 442 Å². The first kappa shape index (κ1) is 51.0. The first-order valence-electron chi connectivity index (χ1n) is 26.3. The summed E-state index contributed by atoms with van der Waals surface area (Å²) in [6.45, 7) is 52.5. The zero-order valence-electron chi connectivity index (χ0n) is 48.9. The van der Waals surface area contributed by atoms with Gasteiger partial charge in [0.25, 0.3) is 0 Å². The van der Waals surface area contributed by atoms with Crippen molar-refractivity contribution >= 4 is 33.1 Å². The van der Waals surface area contributed by atoms with E-state index in [-0.39, 0.29) is 0 Å². The fourth-order valence-corrected chi connectivity index (χ4v) is 12.4. The first-order valence-corrected chi connectivity index (χ1v) is 26.3. The van der Waals surface area contributed by atoms with Crippen LogP contribution in [-0.2, 0) is 0 Å². The van der Waals surface area contributed by atoms with Crippen LogP contribution in [0.3, 0.4) is 0 Å². The molecule has 12 nitrogen and oxygen atoms in total. The Bertz CT molecular complexity index is 3680. The average molecular weight is 997 g/mol. The Morgan fingerprint density at radius 3 is 0.587 bits per heavy atom. The molecule has 0 radical (unpaired) electrons. The SMILES string of the molecule is Cc1c(C)c(-n2nnc3c(C)c(C)c(C)c(C)c32)c(C)c(C)c1-c1nc(-c2c(C)c(C)c(-n3nnc4c(C)c(C)c(C)c(C)c43)c(C)c2C)nc(-c2c(C)c(C)c(-n3nnc4c(C)c(C)c(C)c(C)c43)c(C)c2C)n1. The quantitative estimate of drug-likeness (QED) is 0.160. The van der Waals surface area contributed by atoms with Crippen molar-refractivity contribution in [3.63, 3.8) is 0 Å². The van der Waals surface area contributed by atoms with Crippen molar-refractivity contribution in [3.05, 3.63) is 134 Å². The third kappa shape index (κ3) is 6.96. The zero-order chi connectivity index (χ0) is 54.6. The molecular weight excluding hydrogens is 925 g/mol. The number of hydrogen-bond acceptors (Lipinski definition) is 9. The van der Waals surface area contributed by atoms with Gasteiger partial charge in [-0.15, -0.1) is 15.3 Å². The van der Waals surface area contributed by atoms with E-state index in [1.165, 1.54) is 50.1 Å². The highest BCUT2D eigenvalue weighted by molar-refractivity contribution is 5.90. The number of nitrogens with zero attached hydrogens (tertiary/aromatic N) is 12. The van der Waals surface area contributed by atoms with Crippen LogP contribution in [0.1, 0.15) is 134 Å². The van der Waals surface area contributed by atoms with Crippen LogP contribution in [0.5, 0.6) is 0 Å². The zero-order valence-corrected chi connectivity index (χ0v) is 48.9. The highest BCUT2D eigenvalue weighted by Crippen LogP contribution is 2.43. The molecule has 0 saturated carbocycles. The molecule has 0 aliphatic heterocycles. The molecule has 0 aliphatic carbocycles. The Balaban J connectivity index is 1.26. The molecule has 6 aromatic carbocycles. The summed E-state index contributed by atoms with van der Waals surface area (Å²) in [7, 11) is 0. The van der Waals surface area contributed by atoms with Gasteiger partial charge in [-0.1, -0.05) is 15.6 Å². The number of hydrogen-bond donors (Lipinski definition) is 0. The Morgan fingerprint density at radius 2 is 0.387 bits per heavy atom. The maximum atomic E-state index is 5.60. The van der Waals surface area contributed by atoms with E-state index in [4.69, 9.17) is 45.9 Å². The van der Waals surface area contributed by atoms with Gasteiger partial charge in [0.05, 0.1) is 33.6 Å². The van der Waals surface area contributed by atoms with Gasteiger partial charge in [-0.05, 0) is 300 Å². The second-order valence-electron chi connectivity index (χ2n) is 22.1. The van der Waals surface area contributed by atoms with Gasteiger partial charge in [-0.2, -0.15) is 0 Å². The summed E-state index contributed by atoms with van der Waals surface area (Å²) in [5.41, 5.74) is 39.6. The molecule has 10 aromatic rings. The molecule has 0 spiro atoms. The van der Waals surface area contributed by atoms with Crippen molar-refractivity contribution < 1.29 is 0 Å². The van der Waals surface area contributed by atoms with E-state index in [0.717, 1.165) is 150 Å². The Morgan fingerprint density at radius 1 is 0.200 bits per heavy atom. The van der Waals surface area contributed by atoms with Gasteiger partial charge in [0.15, 0.2) is 17.5 Å². The minimum atomic E-state index is 0.625. The number of aromatic nitrogens is 12. The lowest BCUT2D eigenvalue weighted by Gasteiger charge is -2.24. The minimum absolute atomic E-state index is 0.625. The van der Waals surface area contributed by atoms with E-state index >= 15 is 0 Å². The summed E-state index contributed by atoms with van der Waals surface area (Å²) in [5, 5.41) is 29.0. The van der Waals surface area contributed by atoms with Gasteiger partial charge >= 0.3 is 0 Å². The van der Waals surface area contributed by atoms with Crippen LogP contribution in [0, 0.1) is 166 Å². The van der Waals surface area contributed by atoms with E-state index in [9.17, 15) is 0 Å². The van der Waals surface area contributed by atoms with Gasteiger partial charge in [0.2, 0.25) is 0 Å². The van der Waals surface area contributed by atoms with Crippen LogP contribution in [0.25, 0.3) is 84.3 Å². The minimum Gasteiger partial charge on any atom is -0.212 e. The summed E-state index contributed by atoms with van der Waals surface area (Å²) >= 11 is 0. The van der Waals surface area contributed by atoms with Crippen LogP contribution < -0.4 is 0 Å². The normalized spacial score (nSPS) is 12.0. The predicted octanol–water partition coefficient (Wildman–Crippen LogP) is 14.5. The van der Waals surface area contributed by atoms with Crippen molar-refractivity contribution in [3.8, 4) is 51.2 Å². The van der Waals surface area contributed by atoms with Crippen LogP contribution >= 0.6 is 0 Å². The lowest BCUT2D eigenvalue weighted by Crippen LogP contribution is -2.13. The summed E-state index contributed by atoms with van der Waals surface area (Å²) in [6.07, 6.45) is 0. The third-order valence-corrected chi connectivity index (χ3v) is 18.9. The Hall–Kier alpha value is -7.47. The second-order valence-corrected chi connectivity index (χ2v) is 22.1. The van der Waals surface area contributed by atoms with E-state index in [0.29, 0.717) is 17.5 Å². The molecule has 0 aliphatic rings. The number of aryl methyl sites for hydroxylation is 6. The molecule has 12 heteroatoms. The summed E-state index contributed by atoms with van der Waals surface area (Å²) < 4.78 is 6.20. The van der Waals surface area contributed by atoms with E-state index in [1.54, 1.807) is 0 Å². The maximum Gasteiger partial charge on any atom is 0.164 e. The van der Waals surface area contributed by atoms with Crippen LogP contribution in [0.4, 0.5) is 0 Å². The molecule has 0 unspecified atom stereocenters. The fraction of sp³-hybridized carbons (Fsp3) is 0.381. The van der Waals surface area contributed by atoms with Gasteiger partial charge in [0.1, 0.15) is 16.6 Å². The lowest BCUT2D eigenvalue weighted by atomic mass is 9.89. The molecule has 0 atom stereocenters. The van der Waals surface area contributed by atoms with E-state index in [2.05, 4.69) is 180 Å². The molecule has 4 aromatic heterocycles. The molecule has 75 heavy (non-hydrogen) atoms. The first-order chi connectivity index (χ1) is 35.3. The predicted molar refractivity (Wildman–Crippen MR) is 307 cm³/mol. The fourth-order valence-electron chi connectivity index (χ4n) is 12.4. The standard InChI is InChI=1S/C63H72N12/c1-25-28(4)40(16)58-52(37(25)13)67-70-73(58)55-43(19)31(7)49(32(8)44(55)20)61-64-62(50-33(9)45(21)56(46(22)34(50)10)74-59-41(17)29(5)26(2)38(14)53(59)68-71-74)66-63(65-61)51-35(11)47(23)57(48(24)36(51)12)75-60-42(18)30(6)27(3)39(15)54(60)69-72-75/h1-24H3. The number of benzene rings is 6. The highest BCUT2D eigenvalue weighted by atomic mass is 15.4. The van der Waals surface area contributed by atoms with Gasteiger partial charge in [-0.25, -0.2) is 29.0 Å². The summed E-state index contributed by atoms with van der Waals surface area (Å²) in [6, 6.07) is 0. The molecule has 0 amide bonds. The molecule has 0 saturated heterocycles. The van der Waals surface area contributed by atoms with Gasteiger partial charge < -0.3 is 0 Å². The van der Waals surface area contributed by atoms with Crippen LogP contribution in [0.15, 0.2) is 0 Å². The smallest absolute Gasteiger partial charge is 0.164 e. The topological polar surface area (TPSA) is 131 Å². The Kier molecular flexibility index (Phi) is 12.0. The van der Waals surface area contributed by atoms with Gasteiger partial charge in [-0.3, -0.25) is 0 Å². The van der Waals surface area contributed by atoms with Crippen molar-refractivity contribution in [2.24, 2.45) is 0 Å². The number of rotatable bonds is 6. The van der Waals surface area contributed by atoms with Crippen molar-refractivity contribution in [1.29, 1.82) is 0 Å². The summed E-state index contributed by atoms with van der Waals surface area (Å²) in [5.74, 6) is 1.87. The van der Waals surface area contributed by atoms with Crippen molar-refractivity contribution in [2.45, 2.75) is 166 Å². The molecule has 4 heterocycles. The van der Waals surface area contributed by atoms with E-state index < -0.39 is 0 Å². The summed E-state index contributed by atoms with van der Waals surface area (Å²) in [4.78, 5) is 16.8. The largest absolute Gasteiger partial charge is 0.212 e. The van der Waals surface area contributed by atoms with Crippen LogP contribution in [0.2, 0.25) is 0 Å². The second kappa shape index (κ2) is 17.6. The molecular formula is C63H72N12. The van der Waals surface area contributed by atoms with Crippen molar-refractivity contribution in [2.75, 3.05) is 0 Å². The third-order valence-electron chi connectivity index (χ3n) is 18.9. The van der Waals surface area contributed by atoms with Crippen molar-refractivity contribution in [1.82, 2.24) is 59.9 Å². The highest BCUT2D eigenvalue weighted by Gasteiger charge is 2.30. The van der Waals surface area contributed by atoms with Crippen LogP contribution in [-0.4, -0.2) is 59.9 Å². The molecule has 384 valence electrons. The lowest BCUT2D eigenvalue weighted by molar-refractivity contribution is 0.808.